The predicted octanol–water partition coefficient (Wildman–Crippen LogP) is 1.49. The molecule has 0 radical (unpaired) electrons. The molecule has 0 amide bonds. The molecule has 0 saturated carbocycles. The van der Waals surface area contributed by atoms with E-state index in [4.69, 9.17) is 4.74 Å². The average Bonchev–Trinajstić information content (AvgIpc) is 2.76. The maximum Gasteiger partial charge on any atom is 0.0619 e. The Morgan fingerprint density at radius 2 is 2.31 bits per heavy atom. The number of rotatable bonds is 5. The van der Waals surface area contributed by atoms with E-state index < -0.39 is 0 Å². The second-order valence-corrected chi connectivity index (χ2v) is 5.28. The van der Waals surface area contributed by atoms with Gasteiger partial charge in [-0.15, -0.1) is 0 Å². The summed E-state index contributed by atoms with van der Waals surface area (Å²) in [5, 5.41) is 3.67. The van der Waals surface area contributed by atoms with E-state index in [0.717, 1.165) is 19.1 Å². The Morgan fingerprint density at radius 1 is 1.38 bits per heavy atom. The average molecular weight is 226 g/mol. The molecule has 0 bridgehead atoms. The molecule has 0 aromatic rings. The zero-order chi connectivity index (χ0) is 11.2. The van der Waals surface area contributed by atoms with E-state index in [0.29, 0.717) is 6.04 Å². The predicted molar refractivity (Wildman–Crippen MR) is 66.7 cm³/mol. The fraction of sp³-hybridized carbons (Fsp3) is 1.00. The standard InChI is InChI=1S/C13H26N2O/c1-2-6-15-7-5-12(10-15)9-14-13-4-3-8-16-11-13/h12-14H,2-11H2,1H3. The first-order valence-corrected chi connectivity index (χ1v) is 6.92. The van der Waals surface area contributed by atoms with Gasteiger partial charge >= 0.3 is 0 Å². The molecule has 0 aromatic carbocycles. The molecule has 2 fully saturated rings. The van der Waals surface area contributed by atoms with E-state index >= 15 is 0 Å². The third kappa shape index (κ3) is 3.72. The summed E-state index contributed by atoms with van der Waals surface area (Å²) in [5.74, 6) is 0.869. The Kier molecular flexibility index (Phi) is 5.07. The van der Waals surface area contributed by atoms with Crippen molar-refractivity contribution in [3.05, 3.63) is 0 Å². The van der Waals surface area contributed by atoms with Crippen molar-refractivity contribution in [1.29, 1.82) is 0 Å². The van der Waals surface area contributed by atoms with Crippen LogP contribution in [0.4, 0.5) is 0 Å². The summed E-state index contributed by atoms with van der Waals surface area (Å²) in [4.78, 5) is 2.60. The first-order chi connectivity index (χ1) is 7.88. The molecule has 3 nitrogen and oxygen atoms in total. The van der Waals surface area contributed by atoms with Gasteiger partial charge in [-0.05, 0) is 51.2 Å². The summed E-state index contributed by atoms with van der Waals surface area (Å²) in [7, 11) is 0. The zero-order valence-corrected chi connectivity index (χ0v) is 10.6. The van der Waals surface area contributed by atoms with Gasteiger partial charge in [-0.2, -0.15) is 0 Å². The van der Waals surface area contributed by atoms with Crippen LogP contribution in [-0.4, -0.2) is 50.3 Å². The highest BCUT2D eigenvalue weighted by atomic mass is 16.5. The molecule has 2 aliphatic rings. The smallest absolute Gasteiger partial charge is 0.0619 e. The van der Waals surface area contributed by atoms with Crippen molar-refractivity contribution in [2.24, 2.45) is 5.92 Å². The topological polar surface area (TPSA) is 24.5 Å². The number of nitrogens with zero attached hydrogens (tertiary/aromatic N) is 1. The molecule has 16 heavy (non-hydrogen) atoms. The zero-order valence-electron chi connectivity index (χ0n) is 10.6. The van der Waals surface area contributed by atoms with Crippen molar-refractivity contribution in [2.45, 2.75) is 38.6 Å². The maximum absolute atomic E-state index is 5.48. The molecule has 2 heterocycles. The summed E-state index contributed by atoms with van der Waals surface area (Å²) in [6.45, 7) is 9.23. The van der Waals surface area contributed by atoms with Gasteiger partial charge in [0, 0.05) is 19.2 Å². The van der Waals surface area contributed by atoms with Gasteiger partial charge < -0.3 is 15.0 Å². The van der Waals surface area contributed by atoms with Crippen LogP contribution in [0.5, 0.6) is 0 Å². The number of hydrogen-bond acceptors (Lipinski definition) is 3. The third-order valence-corrected chi connectivity index (χ3v) is 3.77. The van der Waals surface area contributed by atoms with Crippen molar-refractivity contribution in [2.75, 3.05) is 39.4 Å². The van der Waals surface area contributed by atoms with Gasteiger partial charge in [-0.25, -0.2) is 0 Å². The molecule has 94 valence electrons. The summed E-state index contributed by atoms with van der Waals surface area (Å²) in [5.41, 5.74) is 0. The monoisotopic (exact) mass is 226 g/mol. The van der Waals surface area contributed by atoms with Gasteiger partial charge in [0.1, 0.15) is 0 Å². The Bertz CT molecular complexity index is 192. The lowest BCUT2D eigenvalue weighted by Gasteiger charge is -2.24. The second-order valence-electron chi connectivity index (χ2n) is 5.28. The molecule has 2 rings (SSSR count). The lowest BCUT2D eigenvalue weighted by Crippen LogP contribution is -2.39. The Hall–Kier alpha value is -0.120. The number of ether oxygens (including phenoxy) is 1. The third-order valence-electron chi connectivity index (χ3n) is 3.77. The van der Waals surface area contributed by atoms with Crippen LogP contribution in [0.3, 0.4) is 0 Å². The van der Waals surface area contributed by atoms with Crippen molar-refractivity contribution in [3.63, 3.8) is 0 Å². The van der Waals surface area contributed by atoms with Gasteiger partial charge in [0.05, 0.1) is 6.61 Å². The quantitative estimate of drug-likeness (QED) is 0.768. The molecule has 2 atom stereocenters. The first-order valence-electron chi connectivity index (χ1n) is 6.92. The van der Waals surface area contributed by atoms with Gasteiger partial charge in [-0.3, -0.25) is 0 Å². The summed E-state index contributed by atoms with van der Waals surface area (Å²) >= 11 is 0. The lowest BCUT2D eigenvalue weighted by atomic mass is 10.1. The molecule has 2 aliphatic heterocycles. The molecule has 3 heteroatoms. The summed E-state index contributed by atoms with van der Waals surface area (Å²) in [6.07, 6.45) is 5.19. The first kappa shape index (κ1) is 12.3. The molecule has 0 spiro atoms. The fourth-order valence-electron chi connectivity index (χ4n) is 2.83. The Morgan fingerprint density at radius 3 is 3.06 bits per heavy atom. The molecule has 2 saturated heterocycles. The van der Waals surface area contributed by atoms with Crippen molar-refractivity contribution >= 4 is 0 Å². The number of hydrogen-bond donors (Lipinski definition) is 1. The van der Waals surface area contributed by atoms with Crippen LogP contribution < -0.4 is 5.32 Å². The Balaban J connectivity index is 1.59. The van der Waals surface area contributed by atoms with Crippen LogP contribution in [0.1, 0.15) is 32.6 Å². The van der Waals surface area contributed by atoms with E-state index in [1.54, 1.807) is 0 Å². The SMILES string of the molecule is CCCN1CCC(CNC2CCCOC2)C1. The van der Waals surface area contributed by atoms with Crippen LogP contribution in [0.2, 0.25) is 0 Å². The van der Waals surface area contributed by atoms with Gasteiger partial charge in [-0.1, -0.05) is 6.92 Å². The molecule has 0 aromatic heterocycles. The minimum absolute atomic E-state index is 0.619. The highest BCUT2D eigenvalue weighted by Crippen LogP contribution is 2.16. The number of likely N-dealkylation sites (tertiary alicyclic amines) is 1. The fourth-order valence-corrected chi connectivity index (χ4v) is 2.83. The van der Waals surface area contributed by atoms with Gasteiger partial charge in [0.25, 0.3) is 0 Å². The second kappa shape index (κ2) is 6.58. The van der Waals surface area contributed by atoms with Crippen molar-refractivity contribution < 1.29 is 4.74 Å². The normalized spacial score (nSPS) is 32.1. The minimum Gasteiger partial charge on any atom is -0.380 e. The largest absolute Gasteiger partial charge is 0.380 e. The van der Waals surface area contributed by atoms with E-state index in [1.807, 2.05) is 0 Å². The van der Waals surface area contributed by atoms with Crippen molar-refractivity contribution in [3.8, 4) is 0 Å². The minimum atomic E-state index is 0.619. The van der Waals surface area contributed by atoms with Crippen LogP contribution >= 0.6 is 0 Å². The molecular weight excluding hydrogens is 200 g/mol. The highest BCUT2D eigenvalue weighted by molar-refractivity contribution is 4.79. The summed E-state index contributed by atoms with van der Waals surface area (Å²) in [6, 6.07) is 0.619. The Labute approximate surface area is 99.5 Å². The van der Waals surface area contributed by atoms with Crippen LogP contribution in [0.25, 0.3) is 0 Å². The van der Waals surface area contributed by atoms with Gasteiger partial charge in [0.2, 0.25) is 0 Å². The maximum atomic E-state index is 5.48. The van der Waals surface area contributed by atoms with E-state index in [2.05, 4.69) is 17.1 Å². The van der Waals surface area contributed by atoms with Crippen molar-refractivity contribution in [1.82, 2.24) is 10.2 Å². The number of nitrogens with one attached hydrogen (secondary N) is 1. The molecule has 1 N–H and O–H groups in total. The van der Waals surface area contributed by atoms with Crippen LogP contribution in [-0.2, 0) is 4.74 Å². The molecule has 0 aliphatic carbocycles. The van der Waals surface area contributed by atoms with Crippen LogP contribution in [0.15, 0.2) is 0 Å². The summed E-state index contributed by atoms with van der Waals surface area (Å²) < 4.78 is 5.48. The van der Waals surface area contributed by atoms with E-state index in [9.17, 15) is 0 Å². The van der Waals surface area contributed by atoms with Gasteiger partial charge in [0.15, 0.2) is 0 Å². The lowest BCUT2D eigenvalue weighted by molar-refractivity contribution is 0.0692. The highest BCUT2D eigenvalue weighted by Gasteiger charge is 2.22. The van der Waals surface area contributed by atoms with Crippen LogP contribution in [0, 0.1) is 5.92 Å². The molecular formula is C13H26N2O. The van der Waals surface area contributed by atoms with E-state index in [1.165, 1.54) is 51.9 Å². The molecule has 2 unspecified atom stereocenters. The van der Waals surface area contributed by atoms with E-state index in [-0.39, 0.29) is 0 Å².